The minimum atomic E-state index is -3.94. The Kier molecular flexibility index (Phi) is 2.52. The van der Waals surface area contributed by atoms with Gasteiger partial charge in [0.2, 0.25) is 0 Å². The van der Waals surface area contributed by atoms with Crippen molar-refractivity contribution in [2.75, 3.05) is 6.61 Å². The first-order valence-corrected chi connectivity index (χ1v) is 6.04. The summed E-state index contributed by atoms with van der Waals surface area (Å²) in [6.45, 7) is 2.38. The summed E-state index contributed by atoms with van der Waals surface area (Å²) in [5, 5.41) is 12.4. The molecule has 1 aromatic carbocycles. The summed E-state index contributed by atoms with van der Waals surface area (Å²) in [6, 6.07) is 4.91. The smallest absolute Gasteiger partial charge is 0.334 e. The Balaban J connectivity index is 2.54. The van der Waals surface area contributed by atoms with Crippen molar-refractivity contribution in [2.24, 2.45) is 5.14 Å². The molecule has 7 nitrogen and oxygen atoms in total. The molecule has 0 aliphatic rings. The number of benzene rings is 1. The van der Waals surface area contributed by atoms with Crippen molar-refractivity contribution in [1.82, 2.24) is 14.4 Å². The molecule has 0 aliphatic carbocycles. The Morgan fingerprint density at radius 1 is 1.38 bits per heavy atom. The lowest BCUT2D eigenvalue weighted by atomic mass is 10.3. The lowest BCUT2D eigenvalue weighted by Gasteiger charge is -2.00. The van der Waals surface area contributed by atoms with Gasteiger partial charge in [0.15, 0.2) is 0 Å². The molecule has 0 aliphatic heterocycles. The molecule has 0 amide bonds. The van der Waals surface area contributed by atoms with E-state index in [2.05, 4.69) is 10.2 Å². The first-order valence-electron chi connectivity index (χ1n) is 4.54. The standard InChI is InChI=1S/C8H10N4O3S/c1-2-15-6-3-4-7-8(5-6)11-12(10-7)16(9,13)14/h3-5H,2H2,1H3,(H2,9,13,14). The summed E-state index contributed by atoms with van der Waals surface area (Å²) in [5.41, 5.74) is 0.859. The van der Waals surface area contributed by atoms with E-state index < -0.39 is 10.2 Å². The van der Waals surface area contributed by atoms with E-state index >= 15 is 0 Å². The fraction of sp³-hybridized carbons (Fsp3) is 0.250. The zero-order chi connectivity index (χ0) is 11.8. The predicted octanol–water partition coefficient (Wildman–Crippen LogP) is -0.118. The first kappa shape index (κ1) is 10.8. The number of hydrogen-bond acceptors (Lipinski definition) is 5. The number of ether oxygens (including phenoxy) is 1. The number of fused-ring (bicyclic) bond motifs is 1. The summed E-state index contributed by atoms with van der Waals surface area (Å²) >= 11 is 0. The number of rotatable bonds is 3. The highest BCUT2D eigenvalue weighted by Crippen LogP contribution is 2.17. The second kappa shape index (κ2) is 3.72. The average Bonchev–Trinajstić information content (AvgIpc) is 2.60. The van der Waals surface area contributed by atoms with Gasteiger partial charge in [-0.2, -0.15) is 8.42 Å². The van der Waals surface area contributed by atoms with E-state index in [0.29, 0.717) is 27.6 Å². The summed E-state index contributed by atoms with van der Waals surface area (Å²) in [6.07, 6.45) is 0. The van der Waals surface area contributed by atoms with Gasteiger partial charge in [0.25, 0.3) is 0 Å². The minimum Gasteiger partial charge on any atom is -0.494 e. The fourth-order valence-corrected chi connectivity index (χ4v) is 1.65. The minimum absolute atomic E-state index is 0.417. The van der Waals surface area contributed by atoms with Crippen LogP contribution in [0.2, 0.25) is 0 Å². The van der Waals surface area contributed by atoms with Crippen molar-refractivity contribution < 1.29 is 13.2 Å². The normalized spacial score (nSPS) is 11.9. The molecule has 1 aromatic heterocycles. The Labute approximate surface area is 92.0 Å². The largest absolute Gasteiger partial charge is 0.494 e. The number of hydrogen-bond donors (Lipinski definition) is 1. The van der Waals surface area contributed by atoms with Crippen molar-refractivity contribution in [3.63, 3.8) is 0 Å². The SMILES string of the molecule is CCOc1ccc2nn(S(N)(=O)=O)nc2c1. The van der Waals surface area contributed by atoms with Crippen LogP contribution in [0, 0.1) is 0 Å². The molecule has 0 atom stereocenters. The second-order valence-corrected chi connectivity index (χ2v) is 4.41. The summed E-state index contributed by atoms with van der Waals surface area (Å²) < 4.78 is 27.7. The maximum absolute atomic E-state index is 11.0. The third-order valence-electron chi connectivity index (χ3n) is 1.87. The molecule has 0 saturated heterocycles. The van der Waals surface area contributed by atoms with Crippen molar-refractivity contribution in [1.29, 1.82) is 0 Å². The highest BCUT2D eigenvalue weighted by atomic mass is 32.2. The number of nitrogens with zero attached hydrogens (tertiary/aromatic N) is 3. The van der Waals surface area contributed by atoms with Gasteiger partial charge in [-0.3, -0.25) is 0 Å². The summed E-state index contributed by atoms with van der Waals surface area (Å²) in [5.74, 6) is 0.608. The topological polar surface area (TPSA) is 100 Å². The lowest BCUT2D eigenvalue weighted by molar-refractivity contribution is 0.340. The van der Waals surface area contributed by atoms with Crippen LogP contribution in [0.25, 0.3) is 11.0 Å². The number of aromatic nitrogens is 3. The third kappa shape index (κ3) is 1.97. The zero-order valence-electron chi connectivity index (χ0n) is 8.49. The van der Waals surface area contributed by atoms with Gasteiger partial charge in [-0.05, 0) is 19.1 Å². The molecule has 0 fully saturated rings. The molecule has 0 unspecified atom stereocenters. The van der Waals surface area contributed by atoms with Crippen molar-refractivity contribution in [3.8, 4) is 5.75 Å². The third-order valence-corrected chi connectivity index (χ3v) is 2.49. The van der Waals surface area contributed by atoms with E-state index in [1.807, 2.05) is 6.92 Å². The molecule has 1 heterocycles. The van der Waals surface area contributed by atoms with Gasteiger partial charge in [0, 0.05) is 6.07 Å². The van der Waals surface area contributed by atoms with Crippen LogP contribution in [0.15, 0.2) is 18.2 Å². The highest BCUT2D eigenvalue weighted by Gasteiger charge is 2.11. The molecule has 0 saturated carbocycles. The average molecular weight is 242 g/mol. The highest BCUT2D eigenvalue weighted by molar-refractivity contribution is 7.87. The molecule has 2 aromatic rings. The Morgan fingerprint density at radius 3 is 2.69 bits per heavy atom. The molecule has 16 heavy (non-hydrogen) atoms. The van der Waals surface area contributed by atoms with Gasteiger partial charge < -0.3 is 4.74 Å². The van der Waals surface area contributed by atoms with Gasteiger partial charge >= 0.3 is 10.2 Å². The molecule has 0 bridgehead atoms. The van der Waals surface area contributed by atoms with E-state index in [1.165, 1.54) is 0 Å². The Morgan fingerprint density at radius 2 is 2.06 bits per heavy atom. The maximum atomic E-state index is 11.0. The maximum Gasteiger partial charge on any atom is 0.334 e. The molecule has 2 N–H and O–H groups in total. The van der Waals surface area contributed by atoms with Crippen molar-refractivity contribution in [3.05, 3.63) is 18.2 Å². The van der Waals surface area contributed by atoms with Crippen LogP contribution in [-0.2, 0) is 10.2 Å². The van der Waals surface area contributed by atoms with Gasteiger partial charge in [0.1, 0.15) is 16.8 Å². The molecule has 2 rings (SSSR count). The summed E-state index contributed by atoms with van der Waals surface area (Å²) in [7, 11) is -3.94. The van der Waals surface area contributed by atoms with Gasteiger partial charge in [-0.25, -0.2) is 5.14 Å². The molecule has 0 spiro atoms. The van der Waals surface area contributed by atoms with Gasteiger partial charge in [-0.1, -0.05) is 4.20 Å². The van der Waals surface area contributed by atoms with Crippen LogP contribution in [0.3, 0.4) is 0 Å². The van der Waals surface area contributed by atoms with E-state index in [9.17, 15) is 8.42 Å². The predicted molar refractivity (Wildman–Crippen MR) is 57.2 cm³/mol. The molecule has 0 radical (unpaired) electrons. The van der Waals surface area contributed by atoms with Crippen LogP contribution in [0.5, 0.6) is 5.75 Å². The van der Waals surface area contributed by atoms with Gasteiger partial charge in [0.05, 0.1) is 6.61 Å². The first-order chi connectivity index (χ1) is 7.50. The summed E-state index contributed by atoms with van der Waals surface area (Å²) in [4.78, 5) is 0. The van der Waals surface area contributed by atoms with Crippen LogP contribution in [0.1, 0.15) is 6.92 Å². The van der Waals surface area contributed by atoms with Crippen LogP contribution < -0.4 is 9.88 Å². The lowest BCUT2D eigenvalue weighted by Crippen LogP contribution is -2.24. The van der Waals surface area contributed by atoms with Crippen LogP contribution >= 0.6 is 0 Å². The quantitative estimate of drug-likeness (QED) is 0.808. The van der Waals surface area contributed by atoms with E-state index in [0.717, 1.165) is 0 Å². The fourth-order valence-electron chi connectivity index (χ4n) is 1.24. The van der Waals surface area contributed by atoms with Crippen molar-refractivity contribution in [2.45, 2.75) is 6.92 Å². The molecule has 8 heteroatoms. The second-order valence-electron chi connectivity index (χ2n) is 3.05. The van der Waals surface area contributed by atoms with Crippen LogP contribution in [0.4, 0.5) is 0 Å². The molecular formula is C8H10N4O3S. The Hall–Kier alpha value is -1.67. The van der Waals surface area contributed by atoms with E-state index in [1.54, 1.807) is 18.2 Å². The zero-order valence-corrected chi connectivity index (χ0v) is 9.31. The Bertz CT molecular complexity index is 619. The number of nitrogens with two attached hydrogens (primary N) is 1. The molecular weight excluding hydrogens is 232 g/mol. The van der Waals surface area contributed by atoms with E-state index in [-0.39, 0.29) is 0 Å². The van der Waals surface area contributed by atoms with Gasteiger partial charge in [-0.15, -0.1) is 10.2 Å². The monoisotopic (exact) mass is 242 g/mol. The molecule has 86 valence electrons. The van der Waals surface area contributed by atoms with Crippen LogP contribution in [-0.4, -0.2) is 29.4 Å². The van der Waals surface area contributed by atoms with E-state index in [4.69, 9.17) is 9.88 Å². The van der Waals surface area contributed by atoms with Crippen molar-refractivity contribution >= 4 is 21.2 Å².